The molecule has 0 saturated carbocycles. The van der Waals surface area contributed by atoms with Gasteiger partial charge in [0.1, 0.15) is 5.82 Å². The van der Waals surface area contributed by atoms with Gasteiger partial charge in [0.2, 0.25) is 0 Å². The van der Waals surface area contributed by atoms with Crippen molar-refractivity contribution < 1.29 is 14.0 Å². The summed E-state index contributed by atoms with van der Waals surface area (Å²) in [4.78, 5) is 33.3. The molecule has 0 radical (unpaired) electrons. The fraction of sp³-hybridized carbons (Fsp3) is 0.417. The van der Waals surface area contributed by atoms with E-state index in [0.29, 0.717) is 39.3 Å². The first kappa shape index (κ1) is 21.2. The van der Waals surface area contributed by atoms with Crippen LogP contribution in [0.5, 0.6) is 0 Å². The van der Waals surface area contributed by atoms with Gasteiger partial charge in [-0.25, -0.2) is 4.39 Å². The highest BCUT2D eigenvalue weighted by Gasteiger charge is 2.31. The van der Waals surface area contributed by atoms with Crippen LogP contribution in [0, 0.1) is 19.7 Å². The fourth-order valence-corrected chi connectivity index (χ4v) is 4.32. The first-order valence-electron chi connectivity index (χ1n) is 10.8. The highest BCUT2D eigenvalue weighted by Crippen LogP contribution is 2.24. The zero-order valence-corrected chi connectivity index (χ0v) is 18.2. The minimum atomic E-state index is -0.418. The number of carbonyl (C=O) groups excluding carboxylic acids is 2. The van der Waals surface area contributed by atoms with Crippen molar-refractivity contribution in [2.24, 2.45) is 0 Å². The maximum absolute atomic E-state index is 13.1. The van der Waals surface area contributed by atoms with E-state index < -0.39 is 11.8 Å². The smallest absolute Gasteiger partial charge is 0.312 e. The summed E-state index contributed by atoms with van der Waals surface area (Å²) >= 11 is 0. The Bertz CT molecular complexity index is 947. The predicted octanol–water partition coefficient (Wildman–Crippen LogP) is 2.44. The highest BCUT2D eigenvalue weighted by atomic mass is 19.1. The zero-order chi connectivity index (χ0) is 22.0. The van der Waals surface area contributed by atoms with E-state index in [-0.39, 0.29) is 5.82 Å². The summed E-state index contributed by atoms with van der Waals surface area (Å²) in [5.74, 6) is -1.09. The Hall–Kier alpha value is -3.09. The Labute approximate surface area is 182 Å². The summed E-state index contributed by atoms with van der Waals surface area (Å²) in [6.45, 7) is 9.01. The van der Waals surface area contributed by atoms with E-state index in [1.165, 1.54) is 28.9 Å². The Morgan fingerprint density at radius 2 is 1.23 bits per heavy atom. The van der Waals surface area contributed by atoms with Gasteiger partial charge in [0.05, 0.1) is 0 Å². The molecule has 0 aliphatic carbocycles. The van der Waals surface area contributed by atoms with Crippen LogP contribution in [-0.2, 0) is 9.59 Å². The molecule has 2 amide bonds. The van der Waals surface area contributed by atoms with Crippen molar-refractivity contribution in [2.75, 3.05) is 62.2 Å². The summed E-state index contributed by atoms with van der Waals surface area (Å²) in [5.41, 5.74) is 4.65. The maximum atomic E-state index is 13.1. The van der Waals surface area contributed by atoms with Crippen LogP contribution in [-0.4, -0.2) is 74.0 Å². The molecule has 164 valence electrons. The second-order valence-corrected chi connectivity index (χ2v) is 8.25. The summed E-state index contributed by atoms with van der Waals surface area (Å²) < 4.78 is 13.1. The number of halogens is 1. The fourth-order valence-electron chi connectivity index (χ4n) is 4.32. The lowest BCUT2D eigenvalue weighted by Gasteiger charge is -2.39. The molecule has 6 nitrogen and oxygen atoms in total. The van der Waals surface area contributed by atoms with Gasteiger partial charge in [-0.1, -0.05) is 12.1 Å². The van der Waals surface area contributed by atoms with Crippen LogP contribution in [0.4, 0.5) is 15.8 Å². The number of aryl methyl sites for hydroxylation is 1. The third kappa shape index (κ3) is 4.50. The standard InChI is InChI=1S/C24H29FN4O2/c1-18-4-3-5-22(19(18)2)27-12-16-29(17-13-27)24(31)23(30)28-14-10-26(11-15-28)21-8-6-20(25)7-9-21/h3-9H,10-17H2,1-2H3. The van der Waals surface area contributed by atoms with Gasteiger partial charge in [-0.2, -0.15) is 0 Å². The van der Waals surface area contributed by atoms with Crippen LogP contribution in [0.15, 0.2) is 42.5 Å². The Balaban J connectivity index is 1.30. The van der Waals surface area contributed by atoms with Crippen molar-refractivity contribution in [3.8, 4) is 0 Å². The lowest BCUT2D eigenvalue weighted by atomic mass is 10.1. The van der Waals surface area contributed by atoms with Crippen molar-refractivity contribution in [3.63, 3.8) is 0 Å². The van der Waals surface area contributed by atoms with E-state index in [1.807, 2.05) is 0 Å². The van der Waals surface area contributed by atoms with Gasteiger partial charge < -0.3 is 19.6 Å². The monoisotopic (exact) mass is 424 g/mol. The lowest BCUT2D eigenvalue weighted by Crippen LogP contribution is -2.56. The highest BCUT2D eigenvalue weighted by molar-refractivity contribution is 6.35. The van der Waals surface area contributed by atoms with Crippen molar-refractivity contribution in [1.29, 1.82) is 0 Å². The number of hydrogen-bond acceptors (Lipinski definition) is 4. The molecule has 2 heterocycles. The Morgan fingerprint density at radius 1 is 0.710 bits per heavy atom. The largest absolute Gasteiger partial charge is 0.368 e. The van der Waals surface area contributed by atoms with E-state index >= 15 is 0 Å². The van der Waals surface area contributed by atoms with Gasteiger partial charge in [0.25, 0.3) is 0 Å². The molecule has 0 unspecified atom stereocenters. The van der Waals surface area contributed by atoms with Gasteiger partial charge in [0, 0.05) is 63.7 Å². The molecule has 0 bridgehead atoms. The van der Waals surface area contributed by atoms with Crippen molar-refractivity contribution in [3.05, 3.63) is 59.4 Å². The molecule has 0 aromatic heterocycles. The van der Waals surface area contributed by atoms with E-state index in [1.54, 1.807) is 21.9 Å². The molecule has 0 atom stereocenters. The molecule has 2 fully saturated rings. The van der Waals surface area contributed by atoms with Crippen LogP contribution in [0.3, 0.4) is 0 Å². The average Bonchev–Trinajstić information content (AvgIpc) is 2.81. The number of amides is 2. The summed E-state index contributed by atoms with van der Waals surface area (Å²) in [5, 5.41) is 0. The second kappa shape index (κ2) is 8.96. The van der Waals surface area contributed by atoms with Gasteiger partial charge in [-0.15, -0.1) is 0 Å². The van der Waals surface area contributed by atoms with Gasteiger partial charge in [-0.3, -0.25) is 9.59 Å². The molecule has 2 saturated heterocycles. The molecule has 7 heteroatoms. The van der Waals surface area contributed by atoms with Crippen molar-refractivity contribution in [1.82, 2.24) is 9.80 Å². The van der Waals surface area contributed by atoms with Crippen LogP contribution >= 0.6 is 0 Å². The molecular formula is C24H29FN4O2. The number of rotatable bonds is 2. The molecule has 4 rings (SSSR count). The molecule has 2 aromatic rings. The van der Waals surface area contributed by atoms with Gasteiger partial charge in [0.15, 0.2) is 0 Å². The molecule has 2 aromatic carbocycles. The predicted molar refractivity (Wildman–Crippen MR) is 120 cm³/mol. The summed E-state index contributed by atoms with van der Waals surface area (Å²) in [6, 6.07) is 12.6. The lowest BCUT2D eigenvalue weighted by molar-refractivity contribution is -0.152. The third-order valence-corrected chi connectivity index (χ3v) is 6.43. The van der Waals surface area contributed by atoms with Gasteiger partial charge in [-0.05, 0) is 55.3 Å². The minimum absolute atomic E-state index is 0.263. The minimum Gasteiger partial charge on any atom is -0.368 e. The second-order valence-electron chi connectivity index (χ2n) is 8.25. The quantitative estimate of drug-likeness (QED) is 0.695. The van der Waals surface area contributed by atoms with E-state index in [2.05, 4.69) is 41.8 Å². The van der Waals surface area contributed by atoms with Crippen LogP contribution in [0.2, 0.25) is 0 Å². The van der Waals surface area contributed by atoms with E-state index in [0.717, 1.165) is 18.8 Å². The maximum Gasteiger partial charge on any atom is 0.312 e. The molecule has 0 N–H and O–H groups in total. The molecule has 0 spiro atoms. The number of anilines is 2. The van der Waals surface area contributed by atoms with E-state index in [9.17, 15) is 14.0 Å². The molecular weight excluding hydrogens is 395 g/mol. The normalized spacial score (nSPS) is 17.1. The number of nitrogens with zero attached hydrogens (tertiary/aromatic N) is 4. The first-order valence-corrected chi connectivity index (χ1v) is 10.8. The number of hydrogen-bond donors (Lipinski definition) is 0. The van der Waals surface area contributed by atoms with Crippen LogP contribution < -0.4 is 9.80 Å². The van der Waals surface area contributed by atoms with Crippen molar-refractivity contribution >= 4 is 23.2 Å². The van der Waals surface area contributed by atoms with Crippen molar-refractivity contribution in [2.45, 2.75) is 13.8 Å². The number of piperazine rings is 2. The first-order chi connectivity index (χ1) is 14.9. The zero-order valence-electron chi connectivity index (χ0n) is 18.2. The summed E-state index contributed by atoms with van der Waals surface area (Å²) in [6.07, 6.45) is 0. The molecule has 2 aliphatic heterocycles. The number of carbonyl (C=O) groups is 2. The van der Waals surface area contributed by atoms with Crippen LogP contribution in [0.1, 0.15) is 11.1 Å². The molecule has 2 aliphatic rings. The van der Waals surface area contributed by atoms with Crippen LogP contribution in [0.25, 0.3) is 0 Å². The molecule has 31 heavy (non-hydrogen) atoms. The third-order valence-electron chi connectivity index (χ3n) is 6.43. The Kier molecular flexibility index (Phi) is 6.11. The topological polar surface area (TPSA) is 47.1 Å². The number of benzene rings is 2. The van der Waals surface area contributed by atoms with Gasteiger partial charge >= 0.3 is 11.8 Å². The average molecular weight is 425 g/mol. The summed E-state index contributed by atoms with van der Waals surface area (Å²) in [7, 11) is 0. The Morgan fingerprint density at radius 3 is 1.77 bits per heavy atom. The van der Waals surface area contributed by atoms with E-state index in [4.69, 9.17) is 0 Å². The SMILES string of the molecule is Cc1cccc(N2CCN(C(=O)C(=O)N3CCN(c4ccc(F)cc4)CC3)CC2)c1C.